The molecule has 0 fully saturated rings. The van der Waals surface area contributed by atoms with E-state index in [2.05, 4.69) is 20.4 Å². The van der Waals surface area contributed by atoms with Crippen molar-refractivity contribution in [2.75, 3.05) is 0 Å². The molecule has 0 spiro atoms. The van der Waals surface area contributed by atoms with Crippen LogP contribution in [0.15, 0.2) is 17.1 Å². The van der Waals surface area contributed by atoms with Gasteiger partial charge in [-0.15, -0.1) is 11.3 Å². The summed E-state index contributed by atoms with van der Waals surface area (Å²) in [5, 5.41) is 8.10. The molecule has 0 atom stereocenters. The average molecular weight is 303 g/mol. The molecule has 0 bridgehead atoms. The maximum absolute atomic E-state index is 12.1. The van der Waals surface area contributed by atoms with Crippen LogP contribution in [0.25, 0.3) is 10.2 Å². The number of rotatable bonds is 4. The smallest absolute Gasteiger partial charge is 0.259 e. The molecule has 0 amide bonds. The molecule has 3 aromatic rings. The summed E-state index contributed by atoms with van der Waals surface area (Å²) in [6, 6.07) is 1.96. The van der Waals surface area contributed by atoms with E-state index in [1.807, 2.05) is 31.6 Å². The number of fused-ring (bicyclic) bond motifs is 1. The molecule has 21 heavy (non-hydrogen) atoms. The van der Waals surface area contributed by atoms with Crippen molar-refractivity contribution in [2.24, 2.45) is 7.05 Å². The van der Waals surface area contributed by atoms with E-state index in [4.69, 9.17) is 0 Å². The third kappa shape index (κ3) is 2.62. The molecule has 110 valence electrons. The number of nitrogens with one attached hydrogen (secondary N) is 2. The van der Waals surface area contributed by atoms with Crippen LogP contribution in [0, 0.1) is 13.8 Å². The number of hydrogen-bond donors (Lipinski definition) is 2. The lowest BCUT2D eigenvalue weighted by Crippen LogP contribution is -2.20. The highest BCUT2D eigenvalue weighted by atomic mass is 32.1. The summed E-state index contributed by atoms with van der Waals surface area (Å²) >= 11 is 1.57. The summed E-state index contributed by atoms with van der Waals surface area (Å²) in [7, 11) is 1.90. The Kier molecular flexibility index (Phi) is 3.60. The van der Waals surface area contributed by atoms with Gasteiger partial charge in [0.25, 0.3) is 5.56 Å². The minimum Gasteiger partial charge on any atom is -0.309 e. The van der Waals surface area contributed by atoms with Gasteiger partial charge in [-0.25, -0.2) is 4.98 Å². The molecule has 0 radical (unpaired) electrons. The SMILES string of the molecule is Cc1sc2nc(CNCc3ccnn3C)[nH]c(=O)c2c1C. The summed E-state index contributed by atoms with van der Waals surface area (Å²) < 4.78 is 1.82. The average Bonchev–Trinajstić information content (AvgIpc) is 2.95. The van der Waals surface area contributed by atoms with Gasteiger partial charge in [0.1, 0.15) is 10.7 Å². The zero-order chi connectivity index (χ0) is 15.0. The van der Waals surface area contributed by atoms with Gasteiger partial charge in [-0.1, -0.05) is 0 Å². The number of aromatic nitrogens is 4. The van der Waals surface area contributed by atoms with Gasteiger partial charge < -0.3 is 10.3 Å². The number of thiophene rings is 1. The zero-order valence-electron chi connectivity index (χ0n) is 12.2. The van der Waals surface area contributed by atoms with E-state index < -0.39 is 0 Å². The number of hydrogen-bond acceptors (Lipinski definition) is 5. The Bertz CT molecular complexity index is 845. The Morgan fingerprint density at radius 3 is 2.90 bits per heavy atom. The molecule has 3 heterocycles. The van der Waals surface area contributed by atoms with Crippen LogP contribution < -0.4 is 10.9 Å². The lowest BCUT2D eigenvalue weighted by atomic mass is 10.2. The fraction of sp³-hybridized carbons (Fsp3) is 0.357. The van der Waals surface area contributed by atoms with Crippen LogP contribution in [0.1, 0.15) is 22.0 Å². The largest absolute Gasteiger partial charge is 0.309 e. The molecule has 0 unspecified atom stereocenters. The Hall–Kier alpha value is -1.99. The molecule has 3 aromatic heterocycles. The Morgan fingerprint density at radius 2 is 2.19 bits per heavy atom. The maximum atomic E-state index is 12.1. The highest BCUT2D eigenvalue weighted by Crippen LogP contribution is 2.25. The third-order valence-electron chi connectivity index (χ3n) is 3.61. The summed E-state index contributed by atoms with van der Waals surface area (Å²) in [6.45, 7) is 5.18. The lowest BCUT2D eigenvalue weighted by Gasteiger charge is -2.05. The van der Waals surface area contributed by atoms with Crippen LogP contribution >= 0.6 is 11.3 Å². The van der Waals surface area contributed by atoms with Crippen LogP contribution in [0.2, 0.25) is 0 Å². The standard InChI is InChI=1S/C14H17N5OS/c1-8-9(2)21-14-12(8)13(20)17-11(18-14)7-15-6-10-4-5-16-19(10)3/h4-5,15H,6-7H2,1-3H3,(H,17,18,20). The van der Waals surface area contributed by atoms with Crippen LogP contribution in [-0.4, -0.2) is 19.7 Å². The second-order valence-electron chi connectivity index (χ2n) is 5.03. The number of H-pyrrole nitrogens is 1. The fourth-order valence-electron chi connectivity index (χ4n) is 2.27. The van der Waals surface area contributed by atoms with Crippen molar-refractivity contribution in [1.29, 1.82) is 0 Å². The fourth-order valence-corrected chi connectivity index (χ4v) is 3.32. The normalized spacial score (nSPS) is 11.4. The second-order valence-corrected chi connectivity index (χ2v) is 6.23. The molecule has 0 aliphatic carbocycles. The minimum atomic E-state index is -0.0563. The van der Waals surface area contributed by atoms with Gasteiger partial charge in [0, 0.05) is 24.7 Å². The predicted molar refractivity (Wildman–Crippen MR) is 83.5 cm³/mol. The van der Waals surface area contributed by atoms with Crippen LogP contribution in [0.3, 0.4) is 0 Å². The molecule has 0 saturated carbocycles. The Balaban J connectivity index is 1.79. The van der Waals surface area contributed by atoms with Gasteiger partial charge in [0.2, 0.25) is 0 Å². The first-order chi connectivity index (χ1) is 10.1. The zero-order valence-corrected chi connectivity index (χ0v) is 13.0. The van der Waals surface area contributed by atoms with Crippen molar-refractivity contribution in [1.82, 2.24) is 25.1 Å². The summed E-state index contributed by atoms with van der Waals surface area (Å²) in [6.07, 6.45) is 1.76. The van der Waals surface area contributed by atoms with Crippen molar-refractivity contribution >= 4 is 21.6 Å². The first kappa shape index (κ1) is 14.0. The molecule has 0 aliphatic heterocycles. The van der Waals surface area contributed by atoms with E-state index in [1.54, 1.807) is 17.5 Å². The van der Waals surface area contributed by atoms with Crippen molar-refractivity contribution in [3.05, 3.63) is 44.6 Å². The molecular weight excluding hydrogens is 286 g/mol. The first-order valence-electron chi connectivity index (χ1n) is 6.72. The third-order valence-corrected chi connectivity index (χ3v) is 4.71. The molecule has 2 N–H and O–H groups in total. The van der Waals surface area contributed by atoms with Gasteiger partial charge in [0.15, 0.2) is 0 Å². The molecule has 3 rings (SSSR count). The van der Waals surface area contributed by atoms with Crippen LogP contribution in [0.5, 0.6) is 0 Å². The molecule has 0 aromatic carbocycles. The predicted octanol–water partition coefficient (Wildman–Crippen LogP) is 1.62. The summed E-state index contributed by atoms with van der Waals surface area (Å²) in [5.41, 5.74) is 2.05. The van der Waals surface area contributed by atoms with Gasteiger partial charge >= 0.3 is 0 Å². The molecule has 0 aliphatic rings. The van der Waals surface area contributed by atoms with Crippen LogP contribution in [0.4, 0.5) is 0 Å². The first-order valence-corrected chi connectivity index (χ1v) is 7.54. The van der Waals surface area contributed by atoms with Crippen molar-refractivity contribution in [3.8, 4) is 0 Å². The number of aryl methyl sites for hydroxylation is 3. The molecule has 0 saturated heterocycles. The van der Waals surface area contributed by atoms with E-state index in [0.29, 0.717) is 24.3 Å². The van der Waals surface area contributed by atoms with E-state index >= 15 is 0 Å². The van der Waals surface area contributed by atoms with Crippen LogP contribution in [-0.2, 0) is 20.1 Å². The van der Waals surface area contributed by atoms with E-state index in [1.165, 1.54) is 0 Å². The van der Waals surface area contributed by atoms with Gasteiger partial charge in [-0.2, -0.15) is 5.10 Å². The monoisotopic (exact) mass is 303 g/mol. The van der Waals surface area contributed by atoms with E-state index in [-0.39, 0.29) is 5.56 Å². The molecule has 7 heteroatoms. The summed E-state index contributed by atoms with van der Waals surface area (Å²) in [4.78, 5) is 21.5. The van der Waals surface area contributed by atoms with E-state index in [0.717, 1.165) is 21.0 Å². The quantitative estimate of drug-likeness (QED) is 0.768. The van der Waals surface area contributed by atoms with Gasteiger partial charge in [-0.3, -0.25) is 9.48 Å². The highest BCUT2D eigenvalue weighted by molar-refractivity contribution is 7.18. The minimum absolute atomic E-state index is 0.0563. The van der Waals surface area contributed by atoms with Crippen molar-refractivity contribution in [2.45, 2.75) is 26.9 Å². The Morgan fingerprint density at radius 1 is 1.38 bits per heavy atom. The number of nitrogens with zero attached hydrogens (tertiary/aromatic N) is 3. The van der Waals surface area contributed by atoms with Crippen molar-refractivity contribution < 1.29 is 0 Å². The highest BCUT2D eigenvalue weighted by Gasteiger charge is 2.11. The van der Waals surface area contributed by atoms with Gasteiger partial charge in [-0.05, 0) is 25.5 Å². The topological polar surface area (TPSA) is 75.6 Å². The second kappa shape index (κ2) is 5.42. The lowest BCUT2D eigenvalue weighted by molar-refractivity contribution is 0.612. The molecular formula is C14H17N5OS. The van der Waals surface area contributed by atoms with E-state index in [9.17, 15) is 4.79 Å². The summed E-state index contributed by atoms with van der Waals surface area (Å²) in [5.74, 6) is 0.663. The van der Waals surface area contributed by atoms with Crippen molar-refractivity contribution in [3.63, 3.8) is 0 Å². The van der Waals surface area contributed by atoms with Gasteiger partial charge in [0.05, 0.1) is 17.6 Å². The number of aromatic amines is 1. The maximum Gasteiger partial charge on any atom is 0.259 e. The molecule has 6 nitrogen and oxygen atoms in total. The Labute approximate surface area is 125 Å².